The van der Waals surface area contributed by atoms with Crippen LogP contribution in [0.4, 0.5) is 0 Å². The minimum Gasteiger partial charge on any atom is -0.483 e. The second-order valence-corrected chi connectivity index (χ2v) is 7.99. The summed E-state index contributed by atoms with van der Waals surface area (Å²) >= 11 is 0. The molecular formula is C19H30N6O4. The van der Waals surface area contributed by atoms with Gasteiger partial charge < -0.3 is 15.3 Å². The summed E-state index contributed by atoms with van der Waals surface area (Å²) in [5.74, 6) is 0.883. The number of hydrogen-bond acceptors (Lipinski definition) is 6. The first-order valence-electron chi connectivity index (χ1n) is 10.4. The fraction of sp³-hybridized carbons (Fsp3) is 0.737. The summed E-state index contributed by atoms with van der Waals surface area (Å²) in [6.45, 7) is 3.26. The fourth-order valence-corrected chi connectivity index (χ4v) is 4.26. The number of likely N-dealkylation sites (tertiary alicyclic amines) is 2. The molecule has 160 valence electrons. The van der Waals surface area contributed by atoms with E-state index < -0.39 is 0 Å². The third kappa shape index (κ3) is 5.99. The number of nitrogens with one attached hydrogen (secondary N) is 2. The van der Waals surface area contributed by atoms with Gasteiger partial charge in [0.15, 0.2) is 5.69 Å². The van der Waals surface area contributed by atoms with Crippen LogP contribution < -0.4 is 5.32 Å². The maximum absolute atomic E-state index is 12.6. The molecular weight excluding hydrogens is 376 g/mol. The van der Waals surface area contributed by atoms with E-state index in [0.717, 1.165) is 51.2 Å². The fourth-order valence-electron chi connectivity index (χ4n) is 4.26. The third-order valence-electron chi connectivity index (χ3n) is 5.95. The first kappa shape index (κ1) is 21.2. The second-order valence-electron chi connectivity index (χ2n) is 7.99. The van der Waals surface area contributed by atoms with E-state index in [4.69, 9.17) is 9.90 Å². The zero-order valence-corrected chi connectivity index (χ0v) is 16.6. The number of aromatic amines is 1. The third-order valence-corrected chi connectivity index (χ3v) is 5.95. The Bertz CT molecular complexity index is 672. The number of rotatable bonds is 7. The predicted octanol–water partition coefficient (Wildman–Crippen LogP) is 0.491. The molecule has 1 aromatic heterocycles. The number of aromatic nitrogens is 3. The topological polar surface area (TPSA) is 132 Å². The van der Waals surface area contributed by atoms with Crippen molar-refractivity contribution in [2.45, 2.75) is 57.0 Å². The van der Waals surface area contributed by atoms with Crippen molar-refractivity contribution in [3.8, 4) is 0 Å². The number of amides is 2. The Labute approximate surface area is 170 Å². The van der Waals surface area contributed by atoms with Gasteiger partial charge in [-0.15, -0.1) is 0 Å². The summed E-state index contributed by atoms with van der Waals surface area (Å²) in [4.78, 5) is 37.6. The van der Waals surface area contributed by atoms with Gasteiger partial charge in [-0.2, -0.15) is 15.4 Å². The molecule has 1 aliphatic carbocycles. The van der Waals surface area contributed by atoms with E-state index in [1.807, 2.05) is 4.90 Å². The van der Waals surface area contributed by atoms with Gasteiger partial charge in [-0.1, -0.05) is 0 Å². The molecule has 1 aromatic rings. The maximum Gasteiger partial charge on any atom is 0.290 e. The molecule has 3 heterocycles. The lowest BCUT2D eigenvalue weighted by molar-refractivity contribution is -0.131. The molecule has 2 aliphatic heterocycles. The van der Waals surface area contributed by atoms with E-state index in [1.165, 1.54) is 19.0 Å². The monoisotopic (exact) mass is 406 g/mol. The molecule has 2 saturated heterocycles. The maximum atomic E-state index is 12.6. The SMILES string of the molecule is O=C(NC[C@@H]1CC[C@H](CC(=O)N2CCCC2)N1CC1CC1)c1cn[nH]n1.O=CO. The number of carboxylic acid groups (broad SMARTS) is 1. The number of carbonyl (C=O) groups is 3. The molecule has 10 nitrogen and oxygen atoms in total. The van der Waals surface area contributed by atoms with Gasteiger partial charge in [-0.3, -0.25) is 19.3 Å². The Balaban J connectivity index is 0.000000755. The summed E-state index contributed by atoms with van der Waals surface area (Å²) in [6.07, 6.45) is 8.99. The average Bonchev–Trinajstić information content (AvgIpc) is 3.14. The lowest BCUT2D eigenvalue weighted by Gasteiger charge is -2.31. The van der Waals surface area contributed by atoms with Gasteiger partial charge in [-0.25, -0.2) is 0 Å². The Hall–Kier alpha value is -2.49. The Kier molecular flexibility index (Phi) is 7.56. The molecule has 0 aromatic carbocycles. The normalized spacial score (nSPS) is 24.1. The Morgan fingerprint density at radius 1 is 1.21 bits per heavy atom. The number of H-pyrrole nitrogens is 1. The molecule has 0 unspecified atom stereocenters. The summed E-state index contributed by atoms with van der Waals surface area (Å²) in [7, 11) is 0. The minimum absolute atomic E-state index is 0.193. The van der Waals surface area contributed by atoms with E-state index in [9.17, 15) is 9.59 Å². The summed E-state index contributed by atoms with van der Waals surface area (Å²) in [6, 6.07) is 0.625. The van der Waals surface area contributed by atoms with Gasteiger partial charge in [0.1, 0.15) is 0 Å². The highest BCUT2D eigenvalue weighted by atomic mass is 16.3. The van der Waals surface area contributed by atoms with Crippen molar-refractivity contribution in [1.29, 1.82) is 0 Å². The van der Waals surface area contributed by atoms with E-state index in [1.54, 1.807) is 0 Å². The van der Waals surface area contributed by atoms with Crippen LogP contribution >= 0.6 is 0 Å². The van der Waals surface area contributed by atoms with Crippen molar-refractivity contribution >= 4 is 18.3 Å². The van der Waals surface area contributed by atoms with Crippen LogP contribution in [-0.4, -0.2) is 86.9 Å². The predicted molar refractivity (Wildman–Crippen MR) is 104 cm³/mol. The molecule has 29 heavy (non-hydrogen) atoms. The zero-order chi connectivity index (χ0) is 20.6. The van der Waals surface area contributed by atoms with Crippen molar-refractivity contribution in [3.63, 3.8) is 0 Å². The van der Waals surface area contributed by atoms with E-state index >= 15 is 0 Å². The van der Waals surface area contributed by atoms with Gasteiger partial charge in [0.25, 0.3) is 12.4 Å². The van der Waals surface area contributed by atoms with Crippen LogP contribution in [0.1, 0.15) is 55.4 Å². The quantitative estimate of drug-likeness (QED) is 0.562. The van der Waals surface area contributed by atoms with Crippen LogP contribution in [0.3, 0.4) is 0 Å². The molecule has 0 spiro atoms. The molecule has 2 amide bonds. The smallest absolute Gasteiger partial charge is 0.290 e. The number of nitrogens with zero attached hydrogens (tertiary/aromatic N) is 4. The van der Waals surface area contributed by atoms with Gasteiger partial charge in [0, 0.05) is 44.7 Å². The molecule has 3 N–H and O–H groups in total. The highest BCUT2D eigenvalue weighted by molar-refractivity contribution is 5.91. The molecule has 1 saturated carbocycles. The summed E-state index contributed by atoms with van der Waals surface area (Å²) in [5, 5.41) is 19.8. The number of hydrogen-bond donors (Lipinski definition) is 3. The molecule has 4 rings (SSSR count). The van der Waals surface area contributed by atoms with E-state index in [-0.39, 0.29) is 12.4 Å². The first-order valence-corrected chi connectivity index (χ1v) is 10.4. The lowest BCUT2D eigenvalue weighted by atomic mass is 10.1. The van der Waals surface area contributed by atoms with Gasteiger partial charge in [-0.05, 0) is 44.4 Å². The number of carbonyl (C=O) groups excluding carboxylic acids is 2. The molecule has 0 bridgehead atoms. The first-order chi connectivity index (χ1) is 14.1. The Morgan fingerprint density at radius 2 is 1.90 bits per heavy atom. The van der Waals surface area contributed by atoms with Crippen LogP contribution in [0.15, 0.2) is 6.20 Å². The molecule has 3 fully saturated rings. The van der Waals surface area contributed by atoms with Crippen molar-refractivity contribution < 1.29 is 19.5 Å². The zero-order valence-electron chi connectivity index (χ0n) is 16.6. The van der Waals surface area contributed by atoms with Gasteiger partial charge in [0.05, 0.1) is 6.20 Å². The van der Waals surface area contributed by atoms with Gasteiger partial charge in [0.2, 0.25) is 5.91 Å². The van der Waals surface area contributed by atoms with Crippen LogP contribution in [0.2, 0.25) is 0 Å². The Morgan fingerprint density at radius 3 is 2.52 bits per heavy atom. The average molecular weight is 406 g/mol. The summed E-state index contributed by atoms with van der Waals surface area (Å²) < 4.78 is 0. The van der Waals surface area contributed by atoms with Crippen molar-refractivity contribution in [2.75, 3.05) is 26.2 Å². The summed E-state index contributed by atoms with van der Waals surface area (Å²) in [5.41, 5.74) is 0.317. The highest BCUT2D eigenvalue weighted by Crippen LogP contribution is 2.35. The lowest BCUT2D eigenvalue weighted by Crippen LogP contribution is -2.45. The highest BCUT2D eigenvalue weighted by Gasteiger charge is 2.38. The molecule has 2 atom stereocenters. The minimum atomic E-state index is -0.250. The van der Waals surface area contributed by atoms with Crippen LogP contribution in [0, 0.1) is 5.92 Å². The van der Waals surface area contributed by atoms with Crippen molar-refractivity contribution in [3.05, 3.63) is 11.9 Å². The van der Waals surface area contributed by atoms with E-state index in [0.29, 0.717) is 36.7 Å². The van der Waals surface area contributed by atoms with Crippen LogP contribution in [0.5, 0.6) is 0 Å². The van der Waals surface area contributed by atoms with Crippen molar-refractivity contribution in [1.82, 2.24) is 30.5 Å². The second kappa shape index (κ2) is 10.3. The van der Waals surface area contributed by atoms with Crippen LogP contribution in [-0.2, 0) is 9.59 Å². The van der Waals surface area contributed by atoms with E-state index in [2.05, 4.69) is 25.6 Å². The molecule has 10 heteroatoms. The van der Waals surface area contributed by atoms with Gasteiger partial charge >= 0.3 is 0 Å². The molecule has 3 aliphatic rings. The standard InChI is InChI=1S/C18H28N6O2.CH2O2/c25-17(23-7-1-2-8-23)9-14-5-6-15(24(14)12-13-3-4-13)10-19-18(26)16-11-20-22-21-16;2-1-3/h11,13-15H,1-10,12H2,(H,19,26)(H,20,21,22);1H,(H,2,3)/t14-,15+;/m1./s1. The molecule has 0 radical (unpaired) electrons. The van der Waals surface area contributed by atoms with Crippen molar-refractivity contribution in [2.24, 2.45) is 5.92 Å². The largest absolute Gasteiger partial charge is 0.483 e. The van der Waals surface area contributed by atoms with Crippen LogP contribution in [0.25, 0.3) is 0 Å².